The van der Waals surface area contributed by atoms with E-state index in [1.165, 1.54) is 6.07 Å². The van der Waals surface area contributed by atoms with Crippen LogP contribution in [0.3, 0.4) is 0 Å². The molecular formula is C19H27N3O4. The molecule has 1 saturated heterocycles. The lowest BCUT2D eigenvalue weighted by atomic mass is 9.97. The zero-order valence-electron chi connectivity index (χ0n) is 15.5. The molecule has 0 aromatic heterocycles. The number of rotatable bonds is 5. The number of likely N-dealkylation sites (tertiary alicyclic amines) is 1. The second kappa shape index (κ2) is 8.69. The number of anilines is 1. The fourth-order valence-corrected chi connectivity index (χ4v) is 3.00. The van der Waals surface area contributed by atoms with Crippen LogP contribution in [-0.2, 0) is 4.79 Å². The number of carboxylic acid groups (broad SMARTS) is 1. The molecule has 1 unspecified atom stereocenters. The fourth-order valence-electron chi connectivity index (χ4n) is 3.00. The van der Waals surface area contributed by atoms with Crippen molar-refractivity contribution in [2.75, 3.05) is 25.0 Å². The van der Waals surface area contributed by atoms with E-state index in [9.17, 15) is 14.4 Å². The minimum Gasteiger partial charge on any atom is -0.478 e. The van der Waals surface area contributed by atoms with Gasteiger partial charge >= 0.3 is 12.0 Å². The zero-order valence-corrected chi connectivity index (χ0v) is 15.5. The molecule has 0 spiro atoms. The van der Waals surface area contributed by atoms with Gasteiger partial charge in [-0.25, -0.2) is 9.59 Å². The second-order valence-corrected chi connectivity index (χ2v) is 7.19. The Labute approximate surface area is 153 Å². The molecule has 0 radical (unpaired) electrons. The van der Waals surface area contributed by atoms with Crippen LogP contribution in [0, 0.1) is 18.8 Å². The Hall–Kier alpha value is -2.57. The Kier molecular flexibility index (Phi) is 6.60. The molecule has 0 aliphatic carbocycles. The van der Waals surface area contributed by atoms with Crippen molar-refractivity contribution in [2.24, 2.45) is 11.8 Å². The number of nitrogens with zero attached hydrogens (tertiary/aromatic N) is 1. The van der Waals surface area contributed by atoms with Crippen LogP contribution in [0.1, 0.15) is 42.6 Å². The Morgan fingerprint density at radius 3 is 2.65 bits per heavy atom. The standard InChI is InChI=1S/C19H27N3O4/c1-12(2)10-20-19(26)22-8-4-5-14(11-22)17(23)21-15-6-7-16(18(24)25)13(3)9-15/h6-7,9,12,14H,4-5,8,10-11H2,1-3H3,(H,20,26)(H,21,23)(H,24,25). The van der Waals surface area contributed by atoms with Crippen molar-refractivity contribution in [1.29, 1.82) is 0 Å². The summed E-state index contributed by atoms with van der Waals surface area (Å²) in [5.41, 5.74) is 1.38. The van der Waals surface area contributed by atoms with E-state index in [4.69, 9.17) is 5.11 Å². The van der Waals surface area contributed by atoms with Gasteiger partial charge in [-0.2, -0.15) is 0 Å². The maximum Gasteiger partial charge on any atom is 0.335 e. The van der Waals surface area contributed by atoms with E-state index in [0.717, 1.165) is 12.8 Å². The summed E-state index contributed by atoms with van der Waals surface area (Å²) in [6.45, 7) is 7.42. The molecule has 1 aliphatic heterocycles. The molecule has 1 fully saturated rings. The number of carboxylic acids is 1. The lowest BCUT2D eigenvalue weighted by Gasteiger charge is -2.32. The van der Waals surface area contributed by atoms with Crippen molar-refractivity contribution in [3.8, 4) is 0 Å². The van der Waals surface area contributed by atoms with Gasteiger partial charge in [0.1, 0.15) is 0 Å². The molecule has 0 saturated carbocycles. The molecule has 3 N–H and O–H groups in total. The van der Waals surface area contributed by atoms with Crippen molar-refractivity contribution in [1.82, 2.24) is 10.2 Å². The van der Waals surface area contributed by atoms with Crippen molar-refractivity contribution in [3.63, 3.8) is 0 Å². The van der Waals surface area contributed by atoms with Crippen LogP contribution in [-0.4, -0.2) is 47.5 Å². The number of hydrogen-bond acceptors (Lipinski definition) is 3. The molecule has 7 nitrogen and oxygen atoms in total. The van der Waals surface area contributed by atoms with Crippen molar-refractivity contribution in [3.05, 3.63) is 29.3 Å². The van der Waals surface area contributed by atoms with Gasteiger partial charge in [0, 0.05) is 25.3 Å². The average molecular weight is 361 g/mol. The molecule has 1 aromatic rings. The number of amides is 3. The molecule has 1 aromatic carbocycles. The second-order valence-electron chi connectivity index (χ2n) is 7.19. The number of carbonyl (C=O) groups excluding carboxylic acids is 2. The van der Waals surface area contributed by atoms with Crippen molar-refractivity contribution >= 4 is 23.6 Å². The van der Waals surface area contributed by atoms with Gasteiger partial charge < -0.3 is 20.6 Å². The summed E-state index contributed by atoms with van der Waals surface area (Å²) >= 11 is 0. The number of piperidine rings is 1. The number of nitrogens with one attached hydrogen (secondary N) is 2. The molecule has 2 rings (SSSR count). The quantitative estimate of drug-likeness (QED) is 0.751. The Morgan fingerprint density at radius 2 is 2.04 bits per heavy atom. The van der Waals surface area contributed by atoms with Crippen LogP contribution >= 0.6 is 0 Å². The van der Waals surface area contributed by atoms with Gasteiger partial charge in [-0.15, -0.1) is 0 Å². The Balaban J connectivity index is 1.95. The number of urea groups is 1. The minimum atomic E-state index is -0.990. The SMILES string of the molecule is Cc1cc(NC(=O)C2CCCN(C(=O)NCC(C)C)C2)ccc1C(=O)O. The molecule has 1 aliphatic rings. The smallest absolute Gasteiger partial charge is 0.335 e. The van der Waals surface area contributed by atoms with Gasteiger partial charge in [-0.05, 0) is 49.4 Å². The highest BCUT2D eigenvalue weighted by atomic mass is 16.4. The van der Waals surface area contributed by atoms with E-state index >= 15 is 0 Å². The predicted molar refractivity (Wildman–Crippen MR) is 99.3 cm³/mol. The van der Waals surface area contributed by atoms with Gasteiger partial charge in [-0.3, -0.25) is 4.79 Å². The van der Waals surface area contributed by atoms with Crippen molar-refractivity contribution in [2.45, 2.75) is 33.6 Å². The predicted octanol–water partition coefficient (Wildman–Crippen LogP) is 2.71. The minimum absolute atomic E-state index is 0.127. The van der Waals surface area contributed by atoms with Gasteiger partial charge in [0.25, 0.3) is 0 Å². The first-order chi connectivity index (χ1) is 12.3. The monoisotopic (exact) mass is 361 g/mol. The Bertz CT molecular complexity index is 687. The number of hydrogen-bond donors (Lipinski definition) is 3. The molecule has 1 heterocycles. The lowest BCUT2D eigenvalue weighted by molar-refractivity contribution is -0.121. The Morgan fingerprint density at radius 1 is 1.31 bits per heavy atom. The van der Waals surface area contributed by atoms with Crippen LogP contribution < -0.4 is 10.6 Å². The average Bonchev–Trinajstić information content (AvgIpc) is 2.59. The maximum absolute atomic E-state index is 12.5. The van der Waals surface area contributed by atoms with Crippen molar-refractivity contribution < 1.29 is 19.5 Å². The van der Waals surface area contributed by atoms with Crippen LogP contribution in [0.4, 0.5) is 10.5 Å². The van der Waals surface area contributed by atoms with E-state index in [0.29, 0.717) is 36.8 Å². The zero-order chi connectivity index (χ0) is 19.3. The van der Waals surface area contributed by atoms with E-state index < -0.39 is 5.97 Å². The highest BCUT2D eigenvalue weighted by Gasteiger charge is 2.28. The van der Waals surface area contributed by atoms with E-state index in [-0.39, 0.29) is 23.4 Å². The third kappa shape index (κ3) is 5.21. The molecule has 7 heteroatoms. The third-order valence-electron chi connectivity index (χ3n) is 4.47. The summed E-state index contributed by atoms with van der Waals surface area (Å²) < 4.78 is 0. The summed E-state index contributed by atoms with van der Waals surface area (Å²) in [6, 6.07) is 4.60. The molecule has 26 heavy (non-hydrogen) atoms. The normalized spacial score (nSPS) is 17.1. The van der Waals surface area contributed by atoms with E-state index in [2.05, 4.69) is 10.6 Å². The number of aryl methyl sites for hydroxylation is 1. The van der Waals surface area contributed by atoms with Crippen LogP contribution in [0.15, 0.2) is 18.2 Å². The summed E-state index contributed by atoms with van der Waals surface area (Å²) in [5, 5.41) is 14.8. The molecule has 142 valence electrons. The first-order valence-corrected chi connectivity index (χ1v) is 8.95. The van der Waals surface area contributed by atoms with Gasteiger partial charge in [0.05, 0.1) is 11.5 Å². The van der Waals surface area contributed by atoms with Gasteiger partial charge in [0.15, 0.2) is 0 Å². The van der Waals surface area contributed by atoms with Gasteiger partial charge in [-0.1, -0.05) is 13.8 Å². The number of carbonyl (C=O) groups is 3. The topological polar surface area (TPSA) is 98.7 Å². The number of benzene rings is 1. The highest BCUT2D eigenvalue weighted by molar-refractivity contribution is 5.95. The van der Waals surface area contributed by atoms with Crippen LogP contribution in [0.25, 0.3) is 0 Å². The van der Waals surface area contributed by atoms with E-state index in [1.54, 1.807) is 24.0 Å². The first-order valence-electron chi connectivity index (χ1n) is 8.95. The molecule has 0 bridgehead atoms. The summed E-state index contributed by atoms with van der Waals surface area (Å²) in [7, 11) is 0. The summed E-state index contributed by atoms with van der Waals surface area (Å²) in [5.74, 6) is -1.03. The highest BCUT2D eigenvalue weighted by Crippen LogP contribution is 2.20. The van der Waals surface area contributed by atoms with E-state index in [1.807, 2.05) is 13.8 Å². The first kappa shape index (κ1) is 19.8. The van der Waals surface area contributed by atoms with Gasteiger partial charge in [0.2, 0.25) is 5.91 Å². The summed E-state index contributed by atoms with van der Waals surface area (Å²) in [6.07, 6.45) is 1.51. The lowest BCUT2D eigenvalue weighted by Crippen LogP contribution is -2.48. The number of aromatic carboxylic acids is 1. The molecule has 1 atom stereocenters. The van der Waals surface area contributed by atoms with Crippen LogP contribution in [0.5, 0.6) is 0 Å². The maximum atomic E-state index is 12.5. The molecule has 3 amide bonds. The summed E-state index contributed by atoms with van der Waals surface area (Å²) in [4.78, 5) is 37.5. The largest absolute Gasteiger partial charge is 0.478 e. The fraction of sp³-hybridized carbons (Fsp3) is 0.526. The molecular weight excluding hydrogens is 334 g/mol. The third-order valence-corrected chi connectivity index (χ3v) is 4.47. The van der Waals surface area contributed by atoms with Crippen LogP contribution in [0.2, 0.25) is 0 Å².